The number of nitrogens with zero attached hydrogens (tertiary/aromatic N) is 1. The molecule has 0 aliphatic carbocycles. The van der Waals surface area contributed by atoms with E-state index in [1.54, 1.807) is 43.3 Å². The van der Waals surface area contributed by atoms with Crippen molar-refractivity contribution in [1.82, 2.24) is 0 Å². The molecule has 3 aromatic carbocycles. The molecule has 0 bridgehead atoms. The third-order valence-corrected chi connectivity index (χ3v) is 5.52. The van der Waals surface area contributed by atoms with E-state index < -0.39 is 11.9 Å². The second-order valence-electron chi connectivity index (χ2n) is 7.55. The number of amides is 1. The highest BCUT2D eigenvalue weighted by Gasteiger charge is 2.15. The Morgan fingerprint density at radius 3 is 2.43 bits per heavy atom. The molecule has 8 nitrogen and oxygen atoms in total. The van der Waals surface area contributed by atoms with Gasteiger partial charge in [-0.05, 0) is 76.5 Å². The Morgan fingerprint density at radius 2 is 1.78 bits per heavy atom. The molecule has 0 radical (unpaired) electrons. The molecule has 0 spiro atoms. The maximum atomic E-state index is 12.7. The summed E-state index contributed by atoms with van der Waals surface area (Å²) >= 11 is 3.38. The lowest BCUT2D eigenvalue weighted by atomic mass is 10.1. The minimum atomic E-state index is -0.571. The van der Waals surface area contributed by atoms with Crippen LogP contribution in [0.3, 0.4) is 0 Å². The first-order valence-electron chi connectivity index (χ1n) is 11.3. The summed E-state index contributed by atoms with van der Waals surface area (Å²) in [6, 6.07) is 21.8. The normalized spacial score (nSPS) is 10.7. The van der Waals surface area contributed by atoms with Gasteiger partial charge in [-0.25, -0.2) is 4.79 Å². The maximum absolute atomic E-state index is 12.7. The van der Waals surface area contributed by atoms with Crippen molar-refractivity contribution in [2.24, 2.45) is 0 Å². The quantitative estimate of drug-likeness (QED) is 0.185. The Bertz CT molecular complexity index is 1300. The van der Waals surface area contributed by atoms with Gasteiger partial charge in [-0.2, -0.15) is 5.26 Å². The van der Waals surface area contributed by atoms with Crippen molar-refractivity contribution < 1.29 is 28.5 Å². The lowest BCUT2D eigenvalue weighted by Crippen LogP contribution is -2.15. The van der Waals surface area contributed by atoms with Crippen LogP contribution in [0.5, 0.6) is 17.2 Å². The molecular weight excluding hydrogens is 540 g/mol. The standard InChI is InChI=1S/C28H25BrN2O6/c1-3-35-26(32)18-37-27-24(29)14-20(15-25(27)34-2)13-21(16-30)28(33)31-22-9-11-23(12-10-22)36-17-19-7-5-4-6-8-19/h4-15H,3,17-18H2,1-2H3,(H,31,33)/b21-13+. The molecule has 0 atom stereocenters. The zero-order chi connectivity index (χ0) is 26.6. The molecule has 37 heavy (non-hydrogen) atoms. The highest BCUT2D eigenvalue weighted by atomic mass is 79.9. The molecule has 9 heteroatoms. The molecule has 0 saturated heterocycles. The van der Waals surface area contributed by atoms with Crippen molar-refractivity contribution in [3.05, 3.63) is 87.9 Å². The number of anilines is 1. The highest BCUT2D eigenvalue weighted by molar-refractivity contribution is 9.10. The van der Waals surface area contributed by atoms with Gasteiger partial charge in [-0.15, -0.1) is 0 Å². The molecule has 0 saturated carbocycles. The van der Waals surface area contributed by atoms with Gasteiger partial charge in [0, 0.05) is 5.69 Å². The minimum Gasteiger partial charge on any atom is -0.493 e. The lowest BCUT2D eigenvalue weighted by Gasteiger charge is -2.13. The molecule has 3 aromatic rings. The third kappa shape index (κ3) is 8.12. The molecule has 0 aliphatic heterocycles. The Kier molecular flexibility index (Phi) is 10.1. The smallest absolute Gasteiger partial charge is 0.344 e. The monoisotopic (exact) mass is 564 g/mol. The van der Waals surface area contributed by atoms with Crippen LogP contribution in [0.15, 0.2) is 76.8 Å². The van der Waals surface area contributed by atoms with Crippen molar-refractivity contribution in [3.63, 3.8) is 0 Å². The second kappa shape index (κ2) is 13.7. The van der Waals surface area contributed by atoms with E-state index in [-0.39, 0.29) is 18.8 Å². The van der Waals surface area contributed by atoms with E-state index in [1.807, 2.05) is 36.4 Å². The zero-order valence-electron chi connectivity index (χ0n) is 20.3. The van der Waals surface area contributed by atoms with E-state index in [0.717, 1.165) is 5.56 Å². The molecular formula is C28H25BrN2O6. The number of carbonyl (C=O) groups excluding carboxylic acids is 2. The number of methoxy groups -OCH3 is 1. The van der Waals surface area contributed by atoms with Crippen molar-refractivity contribution >= 4 is 39.6 Å². The summed E-state index contributed by atoms with van der Waals surface area (Å²) in [5.74, 6) is 0.178. The van der Waals surface area contributed by atoms with E-state index in [2.05, 4.69) is 21.2 Å². The molecule has 1 N–H and O–H groups in total. The van der Waals surface area contributed by atoms with Crippen LogP contribution < -0.4 is 19.5 Å². The van der Waals surface area contributed by atoms with Crippen LogP contribution in [0.1, 0.15) is 18.1 Å². The molecule has 190 valence electrons. The Balaban J connectivity index is 1.67. The van der Waals surface area contributed by atoms with Crippen LogP contribution in [0.25, 0.3) is 6.08 Å². The first-order chi connectivity index (χ1) is 17.9. The van der Waals surface area contributed by atoms with Gasteiger partial charge in [0.2, 0.25) is 0 Å². The van der Waals surface area contributed by atoms with Crippen LogP contribution in [-0.4, -0.2) is 32.2 Å². The van der Waals surface area contributed by atoms with E-state index in [0.29, 0.717) is 39.6 Å². The Labute approximate surface area is 223 Å². The average Bonchev–Trinajstić information content (AvgIpc) is 2.91. The van der Waals surface area contributed by atoms with Crippen LogP contribution >= 0.6 is 15.9 Å². The summed E-state index contributed by atoms with van der Waals surface area (Å²) < 4.78 is 22.0. The number of halogens is 1. The summed E-state index contributed by atoms with van der Waals surface area (Å²) in [6.45, 7) is 2.09. The maximum Gasteiger partial charge on any atom is 0.344 e. The van der Waals surface area contributed by atoms with E-state index in [9.17, 15) is 14.9 Å². The second-order valence-corrected chi connectivity index (χ2v) is 8.40. The largest absolute Gasteiger partial charge is 0.493 e. The van der Waals surface area contributed by atoms with Gasteiger partial charge in [0.15, 0.2) is 18.1 Å². The molecule has 0 fully saturated rings. The number of nitriles is 1. The van der Waals surface area contributed by atoms with E-state index >= 15 is 0 Å². The van der Waals surface area contributed by atoms with Gasteiger partial charge in [-0.1, -0.05) is 30.3 Å². The zero-order valence-corrected chi connectivity index (χ0v) is 21.9. The number of benzene rings is 3. The summed E-state index contributed by atoms with van der Waals surface area (Å²) in [6.07, 6.45) is 1.43. The summed E-state index contributed by atoms with van der Waals surface area (Å²) in [5.41, 5.74) is 1.97. The van der Waals surface area contributed by atoms with Gasteiger partial charge in [0.1, 0.15) is 24.0 Å². The third-order valence-electron chi connectivity index (χ3n) is 4.93. The fraction of sp³-hybridized carbons (Fsp3) is 0.179. The highest BCUT2D eigenvalue weighted by Crippen LogP contribution is 2.37. The Hall–Kier alpha value is -4.29. The number of nitrogens with one attached hydrogen (secondary N) is 1. The van der Waals surface area contributed by atoms with Crippen LogP contribution in [0, 0.1) is 11.3 Å². The molecule has 0 aliphatic rings. The lowest BCUT2D eigenvalue weighted by molar-refractivity contribution is -0.145. The summed E-state index contributed by atoms with van der Waals surface area (Å²) in [7, 11) is 1.44. The molecule has 3 rings (SSSR count). The van der Waals surface area contributed by atoms with Crippen LogP contribution in [0.4, 0.5) is 5.69 Å². The fourth-order valence-electron chi connectivity index (χ4n) is 3.19. The number of hydrogen-bond acceptors (Lipinski definition) is 7. The van der Waals surface area contributed by atoms with Gasteiger partial charge < -0.3 is 24.3 Å². The summed E-state index contributed by atoms with van der Waals surface area (Å²) in [5, 5.41) is 12.3. The number of hydrogen-bond donors (Lipinski definition) is 1. The Morgan fingerprint density at radius 1 is 1.05 bits per heavy atom. The number of esters is 1. The minimum absolute atomic E-state index is 0.112. The number of rotatable bonds is 11. The predicted molar refractivity (Wildman–Crippen MR) is 142 cm³/mol. The predicted octanol–water partition coefficient (Wildman–Crippen LogP) is 5.52. The van der Waals surface area contributed by atoms with Crippen LogP contribution in [0.2, 0.25) is 0 Å². The molecule has 0 aromatic heterocycles. The molecule has 0 heterocycles. The SMILES string of the molecule is CCOC(=O)COc1c(Br)cc(/C=C(\C#N)C(=O)Nc2ccc(OCc3ccccc3)cc2)cc1OC. The van der Waals surface area contributed by atoms with Gasteiger partial charge >= 0.3 is 5.97 Å². The van der Waals surface area contributed by atoms with E-state index in [4.69, 9.17) is 18.9 Å². The van der Waals surface area contributed by atoms with Crippen molar-refractivity contribution in [1.29, 1.82) is 5.26 Å². The number of carbonyl (C=O) groups is 2. The first kappa shape index (κ1) is 27.3. The fourth-order valence-corrected chi connectivity index (χ4v) is 3.76. The van der Waals surface area contributed by atoms with Crippen molar-refractivity contribution in [2.75, 3.05) is 25.6 Å². The number of ether oxygens (including phenoxy) is 4. The molecule has 1 amide bonds. The topological polar surface area (TPSA) is 107 Å². The van der Waals surface area contributed by atoms with Gasteiger partial charge in [0.25, 0.3) is 5.91 Å². The summed E-state index contributed by atoms with van der Waals surface area (Å²) in [4.78, 5) is 24.4. The average molecular weight is 565 g/mol. The first-order valence-corrected chi connectivity index (χ1v) is 12.1. The van der Waals surface area contributed by atoms with Gasteiger partial charge in [0.05, 0.1) is 18.2 Å². The van der Waals surface area contributed by atoms with Gasteiger partial charge in [-0.3, -0.25) is 4.79 Å². The van der Waals surface area contributed by atoms with Crippen molar-refractivity contribution in [2.45, 2.75) is 13.5 Å². The van der Waals surface area contributed by atoms with Crippen molar-refractivity contribution in [3.8, 4) is 23.3 Å². The van der Waals surface area contributed by atoms with E-state index in [1.165, 1.54) is 13.2 Å². The van der Waals surface area contributed by atoms with Crippen LogP contribution in [-0.2, 0) is 20.9 Å². The molecule has 0 unspecified atom stereocenters.